The molecular formula is C20H30N6. The van der Waals surface area contributed by atoms with Crippen LogP contribution in [0.2, 0.25) is 0 Å². The summed E-state index contributed by atoms with van der Waals surface area (Å²) in [7, 11) is 1.83. The van der Waals surface area contributed by atoms with E-state index in [2.05, 4.69) is 56.8 Å². The van der Waals surface area contributed by atoms with Gasteiger partial charge in [-0.15, -0.1) is 6.58 Å². The van der Waals surface area contributed by atoms with Crippen LogP contribution in [-0.4, -0.2) is 59.5 Å². The fraction of sp³-hybridized carbons (Fsp3) is 0.500. The topological polar surface area (TPSA) is 57.0 Å². The molecule has 0 amide bonds. The number of imidazole rings is 1. The second-order valence-electron chi connectivity index (χ2n) is 6.91. The Morgan fingerprint density at radius 2 is 2.23 bits per heavy atom. The standard InChI is InChI=1S/C20H30N6/c1-4-11-25-13-8-17(9-14-25)24-20(21-3)22-10-7-18-15-26-12-5-6-16(2)19(26)23-18/h4-6,12,15,17H,1,7-11,13-14H2,2-3H3,(H2,21,22,24). The van der Waals surface area contributed by atoms with Crippen molar-refractivity contribution in [2.45, 2.75) is 32.2 Å². The lowest BCUT2D eigenvalue weighted by atomic mass is 10.1. The van der Waals surface area contributed by atoms with Crippen LogP contribution in [0.1, 0.15) is 24.1 Å². The van der Waals surface area contributed by atoms with Crippen LogP contribution in [0, 0.1) is 6.92 Å². The molecule has 1 aliphatic heterocycles. The number of pyridine rings is 1. The number of guanidine groups is 1. The van der Waals surface area contributed by atoms with E-state index in [1.54, 1.807) is 0 Å². The van der Waals surface area contributed by atoms with E-state index in [1.807, 2.05) is 19.3 Å². The Bertz CT molecular complexity index is 755. The van der Waals surface area contributed by atoms with Gasteiger partial charge in [0.05, 0.1) is 5.69 Å². The van der Waals surface area contributed by atoms with Gasteiger partial charge in [-0.1, -0.05) is 12.1 Å². The summed E-state index contributed by atoms with van der Waals surface area (Å²) < 4.78 is 2.09. The van der Waals surface area contributed by atoms with Gasteiger partial charge < -0.3 is 15.0 Å². The highest BCUT2D eigenvalue weighted by molar-refractivity contribution is 5.79. The molecule has 6 heteroatoms. The molecule has 1 aliphatic rings. The van der Waals surface area contributed by atoms with Crippen LogP contribution in [0.4, 0.5) is 0 Å². The van der Waals surface area contributed by atoms with Crippen molar-refractivity contribution < 1.29 is 0 Å². The fourth-order valence-corrected chi connectivity index (χ4v) is 3.46. The molecule has 0 radical (unpaired) electrons. The smallest absolute Gasteiger partial charge is 0.191 e. The molecule has 0 bridgehead atoms. The second-order valence-corrected chi connectivity index (χ2v) is 6.91. The number of piperidine rings is 1. The van der Waals surface area contributed by atoms with Gasteiger partial charge in [0, 0.05) is 58.1 Å². The van der Waals surface area contributed by atoms with E-state index in [0.29, 0.717) is 6.04 Å². The van der Waals surface area contributed by atoms with Gasteiger partial charge in [-0.3, -0.25) is 9.89 Å². The molecule has 0 saturated carbocycles. The summed E-state index contributed by atoms with van der Waals surface area (Å²) in [5.41, 5.74) is 3.34. The second kappa shape index (κ2) is 8.85. The molecule has 2 aromatic heterocycles. The van der Waals surface area contributed by atoms with Crippen LogP contribution in [0.3, 0.4) is 0 Å². The van der Waals surface area contributed by atoms with E-state index < -0.39 is 0 Å². The molecule has 3 rings (SSSR count). The van der Waals surface area contributed by atoms with Gasteiger partial charge in [0.15, 0.2) is 5.96 Å². The van der Waals surface area contributed by atoms with E-state index in [1.165, 1.54) is 5.56 Å². The average Bonchev–Trinajstić information content (AvgIpc) is 3.07. The number of aryl methyl sites for hydroxylation is 1. The first kappa shape index (κ1) is 18.5. The number of hydrogen-bond donors (Lipinski definition) is 2. The zero-order valence-corrected chi connectivity index (χ0v) is 15.9. The molecule has 0 unspecified atom stereocenters. The maximum atomic E-state index is 4.73. The molecule has 1 saturated heterocycles. The summed E-state index contributed by atoms with van der Waals surface area (Å²) in [5, 5.41) is 6.97. The summed E-state index contributed by atoms with van der Waals surface area (Å²) in [5.74, 6) is 0.882. The van der Waals surface area contributed by atoms with Crippen molar-refractivity contribution in [3.8, 4) is 0 Å². The SMILES string of the molecule is C=CCN1CCC(NC(=NC)NCCc2cn3cccc(C)c3n2)CC1. The molecule has 0 aromatic carbocycles. The average molecular weight is 355 g/mol. The predicted octanol–water partition coefficient (Wildman–Crippen LogP) is 2.00. The minimum absolute atomic E-state index is 0.486. The Kier molecular flexibility index (Phi) is 6.28. The molecule has 0 atom stereocenters. The largest absolute Gasteiger partial charge is 0.356 e. The van der Waals surface area contributed by atoms with Gasteiger partial charge >= 0.3 is 0 Å². The monoisotopic (exact) mass is 354 g/mol. The molecule has 26 heavy (non-hydrogen) atoms. The number of aromatic nitrogens is 2. The van der Waals surface area contributed by atoms with Crippen molar-refractivity contribution in [2.75, 3.05) is 33.2 Å². The Morgan fingerprint density at radius 3 is 2.92 bits per heavy atom. The lowest BCUT2D eigenvalue weighted by molar-refractivity contribution is 0.225. The number of likely N-dealkylation sites (tertiary alicyclic amines) is 1. The summed E-state index contributed by atoms with van der Waals surface area (Å²) >= 11 is 0. The summed E-state index contributed by atoms with van der Waals surface area (Å²) in [6.45, 7) is 9.94. The van der Waals surface area contributed by atoms with Gasteiger partial charge in [0.1, 0.15) is 5.65 Å². The predicted molar refractivity (Wildman–Crippen MR) is 108 cm³/mol. The van der Waals surface area contributed by atoms with Crippen LogP contribution in [0.15, 0.2) is 42.2 Å². The van der Waals surface area contributed by atoms with Crippen molar-refractivity contribution in [3.05, 3.63) is 48.4 Å². The Balaban J connectivity index is 1.45. The van der Waals surface area contributed by atoms with Crippen LogP contribution < -0.4 is 10.6 Å². The van der Waals surface area contributed by atoms with Crippen LogP contribution in [0.25, 0.3) is 5.65 Å². The zero-order valence-electron chi connectivity index (χ0n) is 15.9. The molecular weight excluding hydrogens is 324 g/mol. The number of aliphatic imine (C=N–C) groups is 1. The minimum atomic E-state index is 0.486. The zero-order chi connectivity index (χ0) is 18.4. The van der Waals surface area contributed by atoms with Crippen molar-refractivity contribution in [1.82, 2.24) is 24.9 Å². The van der Waals surface area contributed by atoms with E-state index >= 15 is 0 Å². The molecule has 140 valence electrons. The molecule has 1 fully saturated rings. The third kappa shape index (κ3) is 4.64. The molecule has 2 aromatic rings. The Hall–Kier alpha value is -2.34. The Morgan fingerprint density at radius 1 is 1.42 bits per heavy atom. The van der Waals surface area contributed by atoms with Crippen LogP contribution >= 0.6 is 0 Å². The minimum Gasteiger partial charge on any atom is -0.356 e. The number of fused-ring (bicyclic) bond motifs is 1. The number of nitrogens with zero attached hydrogens (tertiary/aromatic N) is 4. The lowest BCUT2D eigenvalue weighted by Crippen LogP contribution is -2.49. The fourth-order valence-electron chi connectivity index (χ4n) is 3.46. The summed E-state index contributed by atoms with van der Waals surface area (Å²) in [6.07, 6.45) is 9.29. The molecule has 0 spiro atoms. The molecule has 2 N–H and O–H groups in total. The van der Waals surface area contributed by atoms with Crippen molar-refractivity contribution in [3.63, 3.8) is 0 Å². The summed E-state index contributed by atoms with van der Waals surface area (Å²) in [4.78, 5) is 11.5. The maximum Gasteiger partial charge on any atom is 0.191 e. The van der Waals surface area contributed by atoms with Gasteiger partial charge in [-0.2, -0.15) is 0 Å². The van der Waals surface area contributed by atoms with Gasteiger partial charge in [0.25, 0.3) is 0 Å². The first-order valence-electron chi connectivity index (χ1n) is 9.43. The van der Waals surface area contributed by atoms with Gasteiger partial charge in [-0.05, 0) is 31.4 Å². The van der Waals surface area contributed by atoms with Crippen molar-refractivity contribution >= 4 is 11.6 Å². The Labute approximate surface area is 156 Å². The highest BCUT2D eigenvalue weighted by Gasteiger charge is 2.18. The number of hydrogen-bond acceptors (Lipinski definition) is 3. The van der Waals surface area contributed by atoms with E-state index in [0.717, 1.165) is 62.7 Å². The van der Waals surface area contributed by atoms with Crippen LogP contribution in [0.5, 0.6) is 0 Å². The number of nitrogens with one attached hydrogen (secondary N) is 2. The molecule has 0 aliphatic carbocycles. The van der Waals surface area contributed by atoms with Crippen molar-refractivity contribution in [2.24, 2.45) is 4.99 Å². The highest BCUT2D eigenvalue weighted by Crippen LogP contribution is 2.11. The van der Waals surface area contributed by atoms with Crippen molar-refractivity contribution in [1.29, 1.82) is 0 Å². The normalized spacial score (nSPS) is 16.8. The molecule has 3 heterocycles. The number of rotatable bonds is 6. The third-order valence-corrected chi connectivity index (χ3v) is 4.94. The first-order valence-corrected chi connectivity index (χ1v) is 9.43. The van der Waals surface area contributed by atoms with E-state index in [4.69, 9.17) is 4.98 Å². The van der Waals surface area contributed by atoms with Gasteiger partial charge in [-0.25, -0.2) is 4.98 Å². The van der Waals surface area contributed by atoms with E-state index in [9.17, 15) is 0 Å². The van der Waals surface area contributed by atoms with Gasteiger partial charge in [0.2, 0.25) is 0 Å². The molecule has 6 nitrogen and oxygen atoms in total. The third-order valence-electron chi connectivity index (χ3n) is 4.94. The maximum absolute atomic E-state index is 4.73. The lowest BCUT2D eigenvalue weighted by Gasteiger charge is -2.32. The quantitative estimate of drug-likeness (QED) is 0.473. The summed E-state index contributed by atoms with van der Waals surface area (Å²) in [6, 6.07) is 4.63. The first-order chi connectivity index (χ1) is 12.7. The van der Waals surface area contributed by atoms with Crippen LogP contribution in [-0.2, 0) is 6.42 Å². The highest BCUT2D eigenvalue weighted by atomic mass is 15.2. The van der Waals surface area contributed by atoms with E-state index in [-0.39, 0.29) is 0 Å².